The molecule has 120 valence electrons. The van der Waals surface area contributed by atoms with Gasteiger partial charge in [-0.05, 0) is 48.9 Å². The minimum absolute atomic E-state index is 0.0872. The first kappa shape index (κ1) is 17.4. The van der Waals surface area contributed by atoms with Crippen LogP contribution < -0.4 is 11.1 Å². The zero-order valence-corrected chi connectivity index (χ0v) is 14.2. The van der Waals surface area contributed by atoms with Crippen molar-refractivity contribution in [2.24, 2.45) is 5.73 Å². The van der Waals surface area contributed by atoms with Crippen molar-refractivity contribution in [3.8, 4) is 0 Å². The molecule has 4 nitrogen and oxygen atoms in total. The Morgan fingerprint density at radius 3 is 2.30 bits per heavy atom. The summed E-state index contributed by atoms with van der Waals surface area (Å²) in [4.78, 5) is 23.2. The van der Waals surface area contributed by atoms with E-state index in [1.165, 1.54) is 0 Å². The number of nitrogens with one attached hydrogen (secondary N) is 1. The van der Waals surface area contributed by atoms with Gasteiger partial charge in [-0.1, -0.05) is 23.7 Å². The lowest BCUT2D eigenvalue weighted by molar-refractivity contribution is -0.115. The zero-order chi connectivity index (χ0) is 16.8. The van der Waals surface area contributed by atoms with Crippen LogP contribution in [0.15, 0.2) is 48.5 Å². The molecule has 0 spiro atoms. The van der Waals surface area contributed by atoms with Gasteiger partial charge in [-0.3, -0.25) is 9.59 Å². The Morgan fingerprint density at radius 2 is 1.74 bits per heavy atom. The maximum absolute atomic E-state index is 12.2. The minimum atomic E-state index is -0.491. The highest BCUT2D eigenvalue weighted by Crippen LogP contribution is 2.20. The van der Waals surface area contributed by atoms with Crippen LogP contribution in [-0.2, 0) is 10.5 Å². The number of thioether (sulfide) groups is 1. The van der Waals surface area contributed by atoms with Crippen LogP contribution in [0.2, 0.25) is 5.02 Å². The summed E-state index contributed by atoms with van der Waals surface area (Å²) in [7, 11) is 0. The number of amides is 2. The van der Waals surface area contributed by atoms with E-state index in [0.29, 0.717) is 16.3 Å². The largest absolute Gasteiger partial charge is 0.366 e. The molecule has 0 radical (unpaired) electrons. The van der Waals surface area contributed by atoms with Gasteiger partial charge in [0.25, 0.3) is 0 Å². The van der Waals surface area contributed by atoms with Crippen LogP contribution in [0.4, 0.5) is 5.69 Å². The van der Waals surface area contributed by atoms with Crippen LogP contribution >= 0.6 is 23.4 Å². The maximum atomic E-state index is 12.2. The number of primary amides is 1. The Hall–Kier alpha value is -1.98. The topological polar surface area (TPSA) is 72.2 Å². The number of carbonyl (C=O) groups is 2. The number of halogens is 1. The normalized spacial score (nSPS) is 11.7. The predicted molar refractivity (Wildman–Crippen MR) is 95.8 cm³/mol. The van der Waals surface area contributed by atoms with Crippen molar-refractivity contribution in [3.05, 3.63) is 64.7 Å². The number of hydrogen-bond acceptors (Lipinski definition) is 3. The smallest absolute Gasteiger partial charge is 0.248 e. The Morgan fingerprint density at radius 1 is 1.13 bits per heavy atom. The summed E-state index contributed by atoms with van der Waals surface area (Å²) in [6.45, 7) is 1.85. The Kier molecular flexibility index (Phi) is 6.07. The van der Waals surface area contributed by atoms with E-state index in [0.717, 1.165) is 11.3 Å². The Bertz CT molecular complexity index is 687. The fourth-order valence-electron chi connectivity index (χ4n) is 1.84. The highest BCUT2D eigenvalue weighted by Gasteiger charge is 2.14. The van der Waals surface area contributed by atoms with E-state index in [1.807, 2.05) is 31.2 Å². The molecular formula is C17H17ClN2O2S. The molecule has 0 saturated carbocycles. The minimum Gasteiger partial charge on any atom is -0.366 e. The van der Waals surface area contributed by atoms with Crippen molar-refractivity contribution in [1.82, 2.24) is 0 Å². The first-order valence-electron chi connectivity index (χ1n) is 7.02. The highest BCUT2D eigenvalue weighted by molar-refractivity contribution is 7.99. The molecule has 0 aliphatic rings. The molecule has 2 aromatic rings. The van der Waals surface area contributed by atoms with Crippen LogP contribution in [-0.4, -0.2) is 17.1 Å². The quantitative estimate of drug-likeness (QED) is 0.836. The van der Waals surface area contributed by atoms with Crippen molar-refractivity contribution in [2.75, 3.05) is 5.32 Å². The van der Waals surface area contributed by atoms with Crippen molar-refractivity contribution in [1.29, 1.82) is 0 Å². The summed E-state index contributed by atoms with van der Waals surface area (Å²) in [5.41, 5.74) is 7.34. The molecule has 23 heavy (non-hydrogen) atoms. The number of carbonyl (C=O) groups excluding carboxylic acids is 2. The number of anilines is 1. The van der Waals surface area contributed by atoms with E-state index in [4.69, 9.17) is 17.3 Å². The molecule has 0 aliphatic heterocycles. The molecule has 0 bridgehead atoms. The number of nitrogens with two attached hydrogens (primary N) is 1. The molecule has 1 atom stereocenters. The maximum Gasteiger partial charge on any atom is 0.248 e. The molecule has 0 heterocycles. The van der Waals surface area contributed by atoms with E-state index in [9.17, 15) is 9.59 Å². The van der Waals surface area contributed by atoms with Gasteiger partial charge in [0.1, 0.15) is 0 Å². The summed E-state index contributed by atoms with van der Waals surface area (Å²) < 4.78 is 0. The van der Waals surface area contributed by atoms with Crippen LogP contribution in [0.5, 0.6) is 0 Å². The van der Waals surface area contributed by atoms with Gasteiger partial charge in [-0.25, -0.2) is 0 Å². The van der Waals surface area contributed by atoms with Gasteiger partial charge in [0.2, 0.25) is 11.8 Å². The van der Waals surface area contributed by atoms with Gasteiger partial charge in [0, 0.05) is 22.0 Å². The van der Waals surface area contributed by atoms with Crippen LogP contribution in [0.1, 0.15) is 22.8 Å². The van der Waals surface area contributed by atoms with Crippen molar-refractivity contribution in [2.45, 2.75) is 17.9 Å². The van der Waals surface area contributed by atoms with Gasteiger partial charge >= 0.3 is 0 Å². The molecule has 0 aromatic heterocycles. The molecule has 6 heteroatoms. The lowest BCUT2D eigenvalue weighted by Crippen LogP contribution is -2.22. The number of hydrogen-bond donors (Lipinski definition) is 2. The van der Waals surface area contributed by atoms with Gasteiger partial charge in [0.15, 0.2) is 0 Å². The fraction of sp³-hybridized carbons (Fsp3) is 0.176. The van der Waals surface area contributed by atoms with Crippen molar-refractivity contribution < 1.29 is 9.59 Å². The monoisotopic (exact) mass is 348 g/mol. The van der Waals surface area contributed by atoms with Gasteiger partial charge < -0.3 is 11.1 Å². The van der Waals surface area contributed by atoms with Crippen LogP contribution in [0.25, 0.3) is 0 Å². The molecular weight excluding hydrogens is 332 g/mol. The van der Waals surface area contributed by atoms with Crippen LogP contribution in [0, 0.1) is 0 Å². The summed E-state index contributed by atoms with van der Waals surface area (Å²) >= 11 is 7.39. The second-order valence-corrected chi connectivity index (χ2v) is 6.78. The van der Waals surface area contributed by atoms with Gasteiger partial charge in [-0.2, -0.15) is 0 Å². The second-order valence-electron chi connectivity index (χ2n) is 5.01. The molecule has 2 rings (SSSR count). The van der Waals surface area contributed by atoms with E-state index in [2.05, 4.69) is 5.32 Å². The molecule has 3 N–H and O–H groups in total. The lowest BCUT2D eigenvalue weighted by Gasteiger charge is -2.12. The average molecular weight is 349 g/mol. The first-order chi connectivity index (χ1) is 11.0. The lowest BCUT2D eigenvalue weighted by atomic mass is 10.2. The summed E-state index contributed by atoms with van der Waals surface area (Å²) in [6, 6.07) is 14.1. The van der Waals surface area contributed by atoms with E-state index >= 15 is 0 Å². The SMILES string of the molecule is CC(SCc1ccc(Cl)cc1)C(=O)Nc1ccc(C(N)=O)cc1. The van der Waals surface area contributed by atoms with Crippen molar-refractivity contribution in [3.63, 3.8) is 0 Å². The van der Waals surface area contributed by atoms with Gasteiger partial charge in [-0.15, -0.1) is 11.8 Å². The highest BCUT2D eigenvalue weighted by atomic mass is 35.5. The third-order valence-corrected chi connectivity index (χ3v) is 4.69. The molecule has 1 unspecified atom stereocenters. The molecule has 2 aromatic carbocycles. The molecule has 0 aliphatic carbocycles. The molecule has 0 fully saturated rings. The summed E-state index contributed by atoms with van der Waals surface area (Å²) in [5.74, 6) is 0.150. The zero-order valence-electron chi connectivity index (χ0n) is 12.6. The van der Waals surface area contributed by atoms with Crippen molar-refractivity contribution >= 4 is 40.9 Å². The summed E-state index contributed by atoms with van der Waals surface area (Å²) in [6.07, 6.45) is 0. The van der Waals surface area contributed by atoms with E-state index < -0.39 is 5.91 Å². The molecule has 2 amide bonds. The summed E-state index contributed by atoms with van der Waals surface area (Å²) in [5, 5.41) is 3.31. The predicted octanol–water partition coefficient (Wildman–Crippen LogP) is 3.70. The van der Waals surface area contributed by atoms with E-state index in [-0.39, 0.29) is 11.2 Å². The average Bonchev–Trinajstić information content (AvgIpc) is 2.54. The van der Waals surface area contributed by atoms with Gasteiger partial charge in [0.05, 0.1) is 5.25 Å². The van der Waals surface area contributed by atoms with E-state index in [1.54, 1.807) is 36.0 Å². The third-order valence-electron chi connectivity index (χ3n) is 3.22. The van der Waals surface area contributed by atoms with Crippen LogP contribution in [0.3, 0.4) is 0 Å². The standard InChI is InChI=1S/C17H17ClN2O2S/c1-11(23-10-12-2-6-14(18)7-3-12)17(22)20-15-8-4-13(5-9-15)16(19)21/h2-9,11H,10H2,1H3,(H2,19,21)(H,20,22). The Balaban J connectivity index is 1.86. The fourth-order valence-corrected chi connectivity index (χ4v) is 2.81. The molecule has 0 saturated heterocycles. The Labute approximate surface area is 144 Å². The third kappa shape index (κ3) is 5.30. The number of benzene rings is 2. The number of rotatable bonds is 6. The first-order valence-corrected chi connectivity index (χ1v) is 8.45. The second kappa shape index (κ2) is 8.04.